The maximum atomic E-state index is 12.4. The van der Waals surface area contributed by atoms with E-state index in [4.69, 9.17) is 4.74 Å². The largest absolute Gasteiger partial charge is 0.492 e. The number of anilines is 1. The predicted octanol–water partition coefficient (Wildman–Crippen LogP) is 1.93. The van der Waals surface area contributed by atoms with Crippen LogP contribution in [0.2, 0.25) is 0 Å². The van der Waals surface area contributed by atoms with E-state index in [-0.39, 0.29) is 10.8 Å². The molecule has 0 saturated carbocycles. The summed E-state index contributed by atoms with van der Waals surface area (Å²) >= 11 is 2.58. The maximum absolute atomic E-state index is 12.4. The number of Topliss-reactive ketones (excluding diaryl/α,β-unsaturated/α-hetero) is 1. The molecule has 1 aromatic rings. The molecule has 0 spiro atoms. The molecule has 1 unspecified atom stereocenters. The van der Waals surface area contributed by atoms with Crippen molar-refractivity contribution < 1.29 is 19.5 Å². The molecule has 0 saturated heterocycles. The molecule has 1 atom stereocenters. The summed E-state index contributed by atoms with van der Waals surface area (Å²) in [7, 11) is 0. The number of hydrogen-bond acceptors (Lipinski definition) is 9. The molecule has 0 radical (unpaired) electrons. The Bertz CT molecular complexity index is 656. The van der Waals surface area contributed by atoms with Gasteiger partial charge in [0.2, 0.25) is 10.9 Å². The molecule has 1 amide bonds. The Kier molecular flexibility index (Phi) is 6.11. The van der Waals surface area contributed by atoms with Crippen LogP contribution < -0.4 is 5.32 Å². The van der Waals surface area contributed by atoms with Crippen molar-refractivity contribution in [3.05, 3.63) is 11.8 Å². The van der Waals surface area contributed by atoms with Crippen LogP contribution >= 0.6 is 23.1 Å². The van der Waals surface area contributed by atoms with Crippen LogP contribution in [0.4, 0.5) is 5.13 Å². The topological polar surface area (TPSA) is 114 Å². The van der Waals surface area contributed by atoms with Crippen molar-refractivity contribution in [3.8, 4) is 0 Å². The van der Waals surface area contributed by atoms with Crippen molar-refractivity contribution in [2.75, 3.05) is 18.2 Å². The van der Waals surface area contributed by atoms with Gasteiger partial charge in [-0.15, -0.1) is 10.2 Å². The summed E-state index contributed by atoms with van der Waals surface area (Å²) in [4.78, 5) is 24.5. The number of ketones is 1. The Morgan fingerprint density at radius 1 is 1.57 bits per heavy atom. The quantitative estimate of drug-likeness (QED) is 0.263. The SMILES string of the molecule is CCOC1=CCCC(C(=O)C(=O)Nc2nnc(SC)s2)C1=NO. The smallest absolute Gasteiger partial charge is 0.294 e. The normalized spacial score (nSPS) is 19.3. The average molecular weight is 356 g/mol. The number of allylic oxidation sites excluding steroid dienone is 2. The van der Waals surface area contributed by atoms with E-state index in [0.29, 0.717) is 29.5 Å². The number of rotatable bonds is 6. The molecule has 0 aliphatic heterocycles. The third-order valence-electron chi connectivity index (χ3n) is 3.12. The van der Waals surface area contributed by atoms with E-state index in [9.17, 15) is 14.8 Å². The van der Waals surface area contributed by atoms with Gasteiger partial charge in [0.15, 0.2) is 4.34 Å². The van der Waals surface area contributed by atoms with Crippen molar-refractivity contribution in [1.82, 2.24) is 10.2 Å². The molecule has 0 aromatic carbocycles. The van der Waals surface area contributed by atoms with Gasteiger partial charge in [0, 0.05) is 0 Å². The Labute approximate surface area is 141 Å². The number of hydrogen-bond donors (Lipinski definition) is 2. The monoisotopic (exact) mass is 356 g/mol. The molecule has 0 fully saturated rings. The third-order valence-corrected chi connectivity index (χ3v) is 4.93. The van der Waals surface area contributed by atoms with E-state index in [2.05, 4.69) is 20.7 Å². The molecule has 1 aliphatic carbocycles. The van der Waals surface area contributed by atoms with E-state index < -0.39 is 17.6 Å². The van der Waals surface area contributed by atoms with E-state index >= 15 is 0 Å². The second-order valence-electron chi connectivity index (χ2n) is 4.51. The van der Waals surface area contributed by atoms with Crippen molar-refractivity contribution in [2.24, 2.45) is 11.1 Å². The Morgan fingerprint density at radius 3 is 2.96 bits per heavy atom. The number of thioether (sulfide) groups is 1. The second kappa shape index (κ2) is 8.06. The highest BCUT2D eigenvalue weighted by Crippen LogP contribution is 2.26. The molecule has 23 heavy (non-hydrogen) atoms. The van der Waals surface area contributed by atoms with E-state index in [1.54, 1.807) is 13.0 Å². The summed E-state index contributed by atoms with van der Waals surface area (Å²) < 4.78 is 6.03. The molecule has 1 aliphatic rings. The minimum absolute atomic E-state index is 0.0836. The van der Waals surface area contributed by atoms with Gasteiger partial charge in [-0.2, -0.15) is 0 Å². The molecule has 8 nitrogen and oxygen atoms in total. The first-order chi connectivity index (χ1) is 11.1. The molecule has 0 bridgehead atoms. The van der Waals surface area contributed by atoms with Crippen LogP contribution in [-0.2, 0) is 14.3 Å². The van der Waals surface area contributed by atoms with Crippen LogP contribution in [0.25, 0.3) is 0 Å². The molecule has 10 heteroatoms. The summed E-state index contributed by atoms with van der Waals surface area (Å²) in [5, 5.41) is 22.6. The van der Waals surface area contributed by atoms with E-state index in [0.717, 1.165) is 0 Å². The standard InChI is InChI=1S/C13H16N4O4S2/c1-3-21-8-6-4-5-7(9(8)17-20)10(18)11(19)14-12-15-16-13(22-2)23-12/h6-7,20H,3-5H2,1-2H3,(H,14,15,19). The lowest BCUT2D eigenvalue weighted by Gasteiger charge is -2.22. The first-order valence-electron chi connectivity index (χ1n) is 6.88. The lowest BCUT2D eigenvalue weighted by molar-refractivity contribution is -0.136. The lowest BCUT2D eigenvalue weighted by Crippen LogP contribution is -2.36. The summed E-state index contributed by atoms with van der Waals surface area (Å²) in [6, 6.07) is 0. The predicted molar refractivity (Wildman–Crippen MR) is 87.0 cm³/mol. The number of nitrogens with one attached hydrogen (secondary N) is 1. The van der Waals surface area contributed by atoms with Crippen LogP contribution in [0.5, 0.6) is 0 Å². The first-order valence-corrected chi connectivity index (χ1v) is 8.92. The average Bonchev–Trinajstić information content (AvgIpc) is 3.01. The number of aromatic nitrogens is 2. The summed E-state index contributed by atoms with van der Waals surface area (Å²) in [6.45, 7) is 2.16. The number of nitrogens with zero attached hydrogens (tertiary/aromatic N) is 3. The summed E-state index contributed by atoms with van der Waals surface area (Å²) in [5.41, 5.74) is 0.0836. The van der Waals surface area contributed by atoms with Crippen LogP contribution in [0, 0.1) is 5.92 Å². The van der Waals surface area contributed by atoms with Crippen LogP contribution in [0.1, 0.15) is 19.8 Å². The fourth-order valence-corrected chi connectivity index (χ4v) is 3.28. The Balaban J connectivity index is 2.09. The minimum Gasteiger partial charge on any atom is -0.492 e. The highest BCUT2D eigenvalue weighted by atomic mass is 32.2. The summed E-state index contributed by atoms with van der Waals surface area (Å²) in [5.74, 6) is -1.99. The van der Waals surface area contributed by atoms with Gasteiger partial charge in [-0.3, -0.25) is 14.9 Å². The van der Waals surface area contributed by atoms with Gasteiger partial charge in [0.25, 0.3) is 5.91 Å². The number of carbonyl (C=O) groups excluding carboxylic acids is 2. The van der Waals surface area contributed by atoms with Gasteiger partial charge >= 0.3 is 0 Å². The lowest BCUT2D eigenvalue weighted by atomic mass is 9.87. The zero-order valence-electron chi connectivity index (χ0n) is 12.6. The molecule has 124 valence electrons. The van der Waals surface area contributed by atoms with Gasteiger partial charge in [-0.25, -0.2) is 0 Å². The van der Waals surface area contributed by atoms with Gasteiger partial charge in [0.1, 0.15) is 11.5 Å². The molecule has 1 heterocycles. The molecular formula is C13H16N4O4S2. The fraction of sp³-hybridized carbons (Fsp3) is 0.462. The summed E-state index contributed by atoms with van der Waals surface area (Å²) in [6.07, 6.45) is 4.53. The van der Waals surface area contributed by atoms with Crippen molar-refractivity contribution in [3.63, 3.8) is 0 Å². The van der Waals surface area contributed by atoms with E-state index in [1.807, 2.05) is 6.26 Å². The highest BCUT2D eigenvalue weighted by molar-refractivity contribution is 8.00. The fourth-order valence-electron chi connectivity index (χ4n) is 2.12. The maximum Gasteiger partial charge on any atom is 0.294 e. The van der Waals surface area contributed by atoms with Crippen LogP contribution in [-0.4, -0.2) is 45.7 Å². The van der Waals surface area contributed by atoms with Gasteiger partial charge in [-0.1, -0.05) is 28.3 Å². The van der Waals surface area contributed by atoms with Crippen molar-refractivity contribution in [2.45, 2.75) is 24.1 Å². The second-order valence-corrected chi connectivity index (χ2v) is 6.54. The molecule has 2 N–H and O–H groups in total. The van der Waals surface area contributed by atoms with Crippen LogP contribution in [0.3, 0.4) is 0 Å². The Morgan fingerprint density at radius 2 is 2.35 bits per heavy atom. The number of oxime groups is 1. The Hall–Kier alpha value is -1.94. The minimum atomic E-state index is -0.834. The highest BCUT2D eigenvalue weighted by Gasteiger charge is 2.35. The first kappa shape index (κ1) is 17.4. The van der Waals surface area contributed by atoms with Crippen molar-refractivity contribution in [1.29, 1.82) is 0 Å². The van der Waals surface area contributed by atoms with Gasteiger partial charge < -0.3 is 9.94 Å². The zero-order chi connectivity index (χ0) is 16.8. The van der Waals surface area contributed by atoms with Gasteiger partial charge in [-0.05, 0) is 32.1 Å². The van der Waals surface area contributed by atoms with Crippen LogP contribution in [0.15, 0.2) is 21.3 Å². The van der Waals surface area contributed by atoms with Gasteiger partial charge in [0.05, 0.1) is 12.5 Å². The zero-order valence-corrected chi connectivity index (χ0v) is 14.2. The van der Waals surface area contributed by atoms with Crippen molar-refractivity contribution >= 4 is 45.6 Å². The number of carbonyl (C=O) groups is 2. The number of amides is 1. The molecule has 2 rings (SSSR count). The van der Waals surface area contributed by atoms with E-state index in [1.165, 1.54) is 23.1 Å². The molecular weight excluding hydrogens is 340 g/mol. The third kappa shape index (κ3) is 4.08. The molecule has 1 aromatic heterocycles. The number of ether oxygens (including phenoxy) is 1.